The number of aromatic carboxylic acids is 1. The van der Waals surface area contributed by atoms with E-state index in [-0.39, 0.29) is 5.56 Å². The van der Waals surface area contributed by atoms with E-state index in [0.29, 0.717) is 15.7 Å². The molecule has 0 aliphatic heterocycles. The molecule has 1 aromatic carbocycles. The summed E-state index contributed by atoms with van der Waals surface area (Å²) in [6.45, 7) is 1.63. The van der Waals surface area contributed by atoms with Gasteiger partial charge in [0.25, 0.3) is 0 Å². The van der Waals surface area contributed by atoms with Crippen molar-refractivity contribution in [1.29, 1.82) is 0 Å². The summed E-state index contributed by atoms with van der Waals surface area (Å²) < 4.78 is 27.0. The van der Waals surface area contributed by atoms with E-state index in [2.05, 4.69) is 20.7 Å². The predicted octanol–water partition coefficient (Wildman–Crippen LogP) is 1.67. The van der Waals surface area contributed by atoms with E-state index in [4.69, 9.17) is 5.11 Å². The molecule has 0 aliphatic carbocycles. The van der Waals surface area contributed by atoms with Crippen molar-refractivity contribution in [2.45, 2.75) is 6.92 Å². The minimum Gasteiger partial charge on any atom is -0.478 e. The summed E-state index contributed by atoms with van der Waals surface area (Å²) in [5, 5.41) is 8.92. The van der Waals surface area contributed by atoms with Crippen LogP contribution in [0.25, 0.3) is 0 Å². The van der Waals surface area contributed by atoms with E-state index in [9.17, 15) is 13.2 Å². The van der Waals surface area contributed by atoms with E-state index in [1.165, 1.54) is 26.2 Å². The number of nitrogens with one attached hydrogen (secondary N) is 1. The van der Waals surface area contributed by atoms with Crippen LogP contribution in [-0.2, 0) is 10.2 Å². The molecule has 0 amide bonds. The fourth-order valence-electron chi connectivity index (χ4n) is 1.19. The number of aryl methyl sites for hydroxylation is 1. The lowest BCUT2D eigenvalue weighted by Crippen LogP contribution is -2.29. The van der Waals surface area contributed by atoms with Crippen molar-refractivity contribution in [3.05, 3.63) is 27.7 Å². The van der Waals surface area contributed by atoms with Crippen molar-refractivity contribution < 1.29 is 18.3 Å². The molecule has 100 valence electrons. The van der Waals surface area contributed by atoms with Gasteiger partial charge in [0, 0.05) is 18.6 Å². The lowest BCUT2D eigenvalue weighted by atomic mass is 10.1. The monoisotopic (exact) mass is 336 g/mol. The molecule has 1 rings (SSSR count). The van der Waals surface area contributed by atoms with Crippen molar-refractivity contribution in [2.75, 3.05) is 18.8 Å². The molecule has 8 heteroatoms. The Morgan fingerprint density at radius 2 is 1.94 bits per heavy atom. The van der Waals surface area contributed by atoms with Gasteiger partial charge in [-0.05, 0) is 40.5 Å². The number of anilines is 1. The fraction of sp³-hybridized carbons (Fsp3) is 0.300. The van der Waals surface area contributed by atoms with Crippen LogP contribution >= 0.6 is 15.9 Å². The van der Waals surface area contributed by atoms with Gasteiger partial charge in [-0.2, -0.15) is 12.7 Å². The van der Waals surface area contributed by atoms with E-state index in [1.807, 2.05) is 0 Å². The van der Waals surface area contributed by atoms with Crippen LogP contribution in [0, 0.1) is 6.92 Å². The largest absolute Gasteiger partial charge is 0.478 e. The van der Waals surface area contributed by atoms with E-state index < -0.39 is 16.2 Å². The lowest BCUT2D eigenvalue weighted by molar-refractivity contribution is 0.0696. The zero-order chi connectivity index (χ0) is 14.1. The molecule has 2 N–H and O–H groups in total. The number of carboxylic acid groups (broad SMARTS) is 1. The third-order valence-corrected chi connectivity index (χ3v) is 4.36. The maximum atomic E-state index is 11.7. The Morgan fingerprint density at radius 1 is 1.39 bits per heavy atom. The Kier molecular flexibility index (Phi) is 4.36. The summed E-state index contributed by atoms with van der Waals surface area (Å²) in [5.74, 6) is -1.08. The van der Waals surface area contributed by atoms with Gasteiger partial charge in [0.2, 0.25) is 0 Å². The quantitative estimate of drug-likeness (QED) is 0.875. The van der Waals surface area contributed by atoms with Crippen LogP contribution in [-0.4, -0.2) is 37.9 Å². The highest BCUT2D eigenvalue weighted by Gasteiger charge is 2.17. The standard InChI is InChI=1S/C10H13BrN2O4S/c1-6-4-7(10(14)15)8(11)5-9(6)12-18(16,17)13(2)3/h4-5,12H,1-3H3,(H,14,15). The van der Waals surface area contributed by atoms with Gasteiger partial charge in [-0.25, -0.2) is 4.79 Å². The number of halogens is 1. The molecule has 1 aromatic rings. The zero-order valence-electron chi connectivity index (χ0n) is 10.1. The molecule has 0 aromatic heterocycles. The van der Waals surface area contributed by atoms with Crippen LogP contribution in [0.2, 0.25) is 0 Å². The highest BCUT2D eigenvalue weighted by molar-refractivity contribution is 9.10. The van der Waals surface area contributed by atoms with Gasteiger partial charge in [0.1, 0.15) is 0 Å². The van der Waals surface area contributed by atoms with Crippen molar-refractivity contribution in [3.63, 3.8) is 0 Å². The van der Waals surface area contributed by atoms with Crippen LogP contribution in [0.5, 0.6) is 0 Å². The van der Waals surface area contributed by atoms with Crippen LogP contribution < -0.4 is 4.72 Å². The van der Waals surface area contributed by atoms with Gasteiger partial charge in [-0.3, -0.25) is 4.72 Å². The molecular weight excluding hydrogens is 324 g/mol. The normalized spacial score (nSPS) is 11.6. The number of carbonyl (C=O) groups is 1. The molecule has 6 nitrogen and oxygen atoms in total. The first-order chi connectivity index (χ1) is 8.15. The van der Waals surface area contributed by atoms with Crippen LogP contribution in [0.4, 0.5) is 5.69 Å². The van der Waals surface area contributed by atoms with E-state index in [1.54, 1.807) is 6.92 Å². The average molecular weight is 337 g/mol. The molecule has 0 aliphatic rings. The zero-order valence-corrected chi connectivity index (χ0v) is 12.5. The molecule has 0 fully saturated rings. The minimum atomic E-state index is -3.61. The van der Waals surface area contributed by atoms with Gasteiger partial charge >= 0.3 is 16.2 Å². The van der Waals surface area contributed by atoms with Crippen molar-refractivity contribution in [3.8, 4) is 0 Å². The highest BCUT2D eigenvalue weighted by Crippen LogP contribution is 2.26. The number of carboxylic acids is 1. The molecule has 0 unspecified atom stereocenters. The summed E-state index contributed by atoms with van der Waals surface area (Å²) in [6, 6.07) is 2.83. The van der Waals surface area contributed by atoms with E-state index >= 15 is 0 Å². The van der Waals surface area contributed by atoms with Crippen LogP contribution in [0.15, 0.2) is 16.6 Å². The number of hydrogen-bond donors (Lipinski definition) is 2. The molecule has 0 atom stereocenters. The average Bonchev–Trinajstić information content (AvgIpc) is 2.21. The van der Waals surface area contributed by atoms with E-state index in [0.717, 1.165) is 4.31 Å². The molecule has 0 bridgehead atoms. The van der Waals surface area contributed by atoms with Gasteiger partial charge in [-0.15, -0.1) is 0 Å². The number of benzene rings is 1. The number of rotatable bonds is 4. The van der Waals surface area contributed by atoms with Gasteiger partial charge < -0.3 is 5.11 Å². The first kappa shape index (κ1) is 14.9. The molecule has 0 saturated carbocycles. The summed E-state index contributed by atoms with van der Waals surface area (Å²) >= 11 is 3.10. The third-order valence-electron chi connectivity index (χ3n) is 2.26. The Bertz CT molecular complexity index is 584. The van der Waals surface area contributed by atoms with Gasteiger partial charge in [-0.1, -0.05) is 0 Å². The third kappa shape index (κ3) is 3.21. The molecule has 0 spiro atoms. The Labute approximate surface area is 114 Å². The second kappa shape index (κ2) is 5.25. The first-order valence-corrected chi connectivity index (χ1v) is 7.12. The van der Waals surface area contributed by atoms with Gasteiger partial charge in [0.15, 0.2) is 0 Å². The number of hydrogen-bond acceptors (Lipinski definition) is 3. The maximum Gasteiger partial charge on any atom is 0.336 e. The van der Waals surface area contributed by atoms with Crippen molar-refractivity contribution in [1.82, 2.24) is 4.31 Å². The second-order valence-corrected chi connectivity index (χ2v) is 6.58. The minimum absolute atomic E-state index is 0.0836. The maximum absolute atomic E-state index is 11.7. The lowest BCUT2D eigenvalue weighted by Gasteiger charge is -2.15. The molecule has 0 saturated heterocycles. The number of nitrogens with zero attached hydrogens (tertiary/aromatic N) is 1. The Balaban J connectivity index is 3.22. The summed E-state index contributed by atoms with van der Waals surface area (Å²) in [5.41, 5.74) is 0.946. The smallest absolute Gasteiger partial charge is 0.336 e. The molecule has 0 radical (unpaired) electrons. The Hall–Kier alpha value is -1.12. The SMILES string of the molecule is Cc1cc(C(=O)O)c(Br)cc1NS(=O)(=O)N(C)C. The predicted molar refractivity (Wildman–Crippen MR) is 72.1 cm³/mol. The summed E-state index contributed by atoms with van der Waals surface area (Å²) in [4.78, 5) is 10.9. The van der Waals surface area contributed by atoms with Crippen molar-refractivity contribution in [2.24, 2.45) is 0 Å². The van der Waals surface area contributed by atoms with Crippen LogP contribution in [0.1, 0.15) is 15.9 Å². The van der Waals surface area contributed by atoms with Crippen molar-refractivity contribution >= 4 is 37.8 Å². The molecule has 0 heterocycles. The second-order valence-electron chi connectivity index (χ2n) is 3.84. The summed E-state index contributed by atoms with van der Waals surface area (Å²) in [7, 11) is -0.806. The Morgan fingerprint density at radius 3 is 2.39 bits per heavy atom. The highest BCUT2D eigenvalue weighted by atomic mass is 79.9. The first-order valence-electron chi connectivity index (χ1n) is 4.89. The van der Waals surface area contributed by atoms with Crippen LogP contribution in [0.3, 0.4) is 0 Å². The fourth-order valence-corrected chi connectivity index (χ4v) is 2.38. The van der Waals surface area contributed by atoms with Gasteiger partial charge in [0.05, 0.1) is 11.3 Å². The molecular formula is C10H13BrN2O4S. The molecule has 18 heavy (non-hydrogen) atoms. The summed E-state index contributed by atoms with van der Waals surface area (Å²) in [6.07, 6.45) is 0. The topological polar surface area (TPSA) is 86.7 Å².